The zero-order chi connectivity index (χ0) is 18.2. The van der Waals surface area contributed by atoms with Gasteiger partial charge in [0.2, 0.25) is 0 Å². The molecule has 0 N–H and O–H groups in total. The lowest BCUT2D eigenvalue weighted by Gasteiger charge is -2.37. The molecule has 0 aromatic heterocycles. The first-order valence-corrected chi connectivity index (χ1v) is 11.0. The fourth-order valence-electron chi connectivity index (χ4n) is 5.12. The third-order valence-electron chi connectivity index (χ3n) is 6.80. The molecule has 144 valence electrons. The molecule has 3 rings (SSSR count). The normalized spacial score (nSPS) is 29.9. The molecular formula is C24H35ClO. The number of allylic oxidation sites excluding steroid dienone is 1. The molecule has 1 aromatic carbocycles. The van der Waals surface area contributed by atoms with Gasteiger partial charge < -0.3 is 4.74 Å². The summed E-state index contributed by atoms with van der Waals surface area (Å²) in [5.41, 5.74) is 1.44. The molecule has 0 aliphatic heterocycles. The Balaban J connectivity index is 1.34. The highest BCUT2D eigenvalue weighted by Gasteiger charge is 2.30. The van der Waals surface area contributed by atoms with Gasteiger partial charge in [0.25, 0.3) is 0 Å². The van der Waals surface area contributed by atoms with E-state index >= 15 is 0 Å². The van der Waals surface area contributed by atoms with E-state index in [0.717, 1.165) is 35.3 Å². The topological polar surface area (TPSA) is 9.23 Å². The van der Waals surface area contributed by atoms with Crippen molar-refractivity contribution in [2.24, 2.45) is 23.7 Å². The first-order chi connectivity index (χ1) is 12.7. The molecule has 0 amide bonds. The van der Waals surface area contributed by atoms with Gasteiger partial charge in [-0.15, -0.1) is 0 Å². The van der Waals surface area contributed by atoms with Crippen molar-refractivity contribution in [1.29, 1.82) is 0 Å². The molecule has 0 bridgehead atoms. The molecular weight excluding hydrogens is 340 g/mol. The monoisotopic (exact) mass is 374 g/mol. The second-order valence-corrected chi connectivity index (χ2v) is 8.94. The minimum Gasteiger partial charge on any atom is -0.381 e. The van der Waals surface area contributed by atoms with Gasteiger partial charge in [0.1, 0.15) is 0 Å². The number of halogens is 1. The molecule has 0 saturated heterocycles. The molecule has 2 aliphatic rings. The van der Waals surface area contributed by atoms with Gasteiger partial charge in [0, 0.05) is 12.1 Å². The number of benzene rings is 1. The summed E-state index contributed by atoms with van der Waals surface area (Å²) in [5, 5.41) is 0.846. The standard InChI is InChI=1S/C24H35ClO/c1-26-18-2-3-19-6-12-22(13-7-19)23-14-8-20(9-15-23)4-5-21-10-16-24(25)17-11-21/h2-3,10-11,16-17,19-20,22-23H,4-9,12-15,18H2,1H3/b3-2+. The van der Waals surface area contributed by atoms with Crippen molar-refractivity contribution in [3.8, 4) is 0 Å². The average molecular weight is 375 g/mol. The van der Waals surface area contributed by atoms with Gasteiger partial charge in [0.05, 0.1) is 6.61 Å². The Labute approximate surface area is 165 Å². The maximum Gasteiger partial charge on any atom is 0.0643 e. The largest absolute Gasteiger partial charge is 0.381 e. The molecule has 2 aliphatic carbocycles. The summed E-state index contributed by atoms with van der Waals surface area (Å²) in [7, 11) is 1.77. The van der Waals surface area contributed by atoms with Crippen molar-refractivity contribution >= 4 is 11.6 Å². The summed E-state index contributed by atoms with van der Waals surface area (Å²) >= 11 is 5.98. The van der Waals surface area contributed by atoms with Gasteiger partial charge >= 0.3 is 0 Å². The van der Waals surface area contributed by atoms with Crippen LogP contribution in [0.2, 0.25) is 5.02 Å². The SMILES string of the molecule is COC/C=C/C1CCC(C2CCC(CCc3ccc(Cl)cc3)CC2)CC1. The van der Waals surface area contributed by atoms with Crippen LogP contribution in [0.3, 0.4) is 0 Å². The second-order valence-electron chi connectivity index (χ2n) is 8.50. The van der Waals surface area contributed by atoms with Crippen LogP contribution in [0.15, 0.2) is 36.4 Å². The van der Waals surface area contributed by atoms with E-state index in [1.807, 2.05) is 12.1 Å². The zero-order valence-electron chi connectivity index (χ0n) is 16.3. The maximum absolute atomic E-state index is 5.98. The molecule has 0 unspecified atom stereocenters. The number of methoxy groups -OCH3 is 1. The minimum atomic E-state index is 0.764. The summed E-state index contributed by atoms with van der Waals surface area (Å²) in [5.74, 6) is 3.75. The van der Waals surface area contributed by atoms with E-state index in [4.69, 9.17) is 16.3 Å². The van der Waals surface area contributed by atoms with Crippen molar-refractivity contribution in [2.45, 2.75) is 64.2 Å². The Morgan fingerprint density at radius 1 is 0.923 bits per heavy atom. The molecule has 1 aromatic rings. The molecule has 26 heavy (non-hydrogen) atoms. The van der Waals surface area contributed by atoms with Gasteiger partial charge in [0.15, 0.2) is 0 Å². The Morgan fingerprint density at radius 2 is 1.54 bits per heavy atom. The summed E-state index contributed by atoms with van der Waals surface area (Å²) in [6, 6.07) is 8.42. The molecule has 2 fully saturated rings. The van der Waals surface area contributed by atoms with E-state index in [9.17, 15) is 0 Å². The van der Waals surface area contributed by atoms with E-state index in [2.05, 4.69) is 24.3 Å². The lowest BCUT2D eigenvalue weighted by Crippen LogP contribution is -2.25. The summed E-state index contributed by atoms with van der Waals surface area (Å²) in [6.07, 6.45) is 18.7. The van der Waals surface area contributed by atoms with Crippen LogP contribution < -0.4 is 0 Å². The number of hydrogen-bond acceptors (Lipinski definition) is 1. The van der Waals surface area contributed by atoms with E-state index in [1.54, 1.807) is 7.11 Å². The zero-order valence-corrected chi connectivity index (χ0v) is 17.1. The summed E-state index contributed by atoms with van der Waals surface area (Å²) in [6.45, 7) is 0.764. The van der Waals surface area contributed by atoms with Crippen LogP contribution >= 0.6 is 11.6 Å². The first kappa shape index (κ1) is 20.0. The van der Waals surface area contributed by atoms with Crippen LogP contribution in [0.25, 0.3) is 0 Å². The van der Waals surface area contributed by atoms with Crippen molar-refractivity contribution < 1.29 is 4.74 Å². The minimum absolute atomic E-state index is 0.764. The number of hydrogen-bond donors (Lipinski definition) is 0. The van der Waals surface area contributed by atoms with Crippen LogP contribution in [-0.4, -0.2) is 13.7 Å². The van der Waals surface area contributed by atoms with E-state index in [-0.39, 0.29) is 0 Å². The summed E-state index contributed by atoms with van der Waals surface area (Å²) < 4.78 is 5.12. The van der Waals surface area contributed by atoms with Gasteiger partial charge in [-0.3, -0.25) is 0 Å². The molecule has 0 spiro atoms. The quantitative estimate of drug-likeness (QED) is 0.463. The smallest absolute Gasteiger partial charge is 0.0643 e. The van der Waals surface area contributed by atoms with Gasteiger partial charge in [-0.1, -0.05) is 48.7 Å². The third-order valence-corrected chi connectivity index (χ3v) is 7.05. The molecule has 0 heterocycles. The van der Waals surface area contributed by atoms with Crippen LogP contribution in [0.5, 0.6) is 0 Å². The second kappa shape index (κ2) is 10.5. The predicted octanol–water partition coefficient (Wildman–Crippen LogP) is 7.09. The van der Waals surface area contributed by atoms with E-state index in [1.165, 1.54) is 69.8 Å². The number of rotatable bonds is 7. The van der Waals surface area contributed by atoms with E-state index in [0.29, 0.717) is 0 Å². The fourth-order valence-corrected chi connectivity index (χ4v) is 5.25. The highest BCUT2D eigenvalue weighted by Crippen LogP contribution is 2.42. The van der Waals surface area contributed by atoms with Gasteiger partial charge in [-0.25, -0.2) is 0 Å². The highest BCUT2D eigenvalue weighted by atomic mass is 35.5. The Morgan fingerprint density at radius 3 is 2.15 bits per heavy atom. The first-order valence-electron chi connectivity index (χ1n) is 10.6. The van der Waals surface area contributed by atoms with Crippen LogP contribution in [-0.2, 0) is 11.2 Å². The highest BCUT2D eigenvalue weighted by molar-refractivity contribution is 6.30. The van der Waals surface area contributed by atoms with Crippen LogP contribution in [0.4, 0.5) is 0 Å². The molecule has 0 atom stereocenters. The number of aryl methyl sites for hydroxylation is 1. The number of ether oxygens (including phenoxy) is 1. The third kappa shape index (κ3) is 6.13. The fraction of sp³-hybridized carbons (Fsp3) is 0.667. The van der Waals surface area contributed by atoms with Crippen molar-refractivity contribution in [2.75, 3.05) is 13.7 Å². The molecule has 2 heteroatoms. The Kier molecular flexibility index (Phi) is 8.08. The van der Waals surface area contributed by atoms with E-state index < -0.39 is 0 Å². The summed E-state index contributed by atoms with van der Waals surface area (Å²) in [4.78, 5) is 0. The van der Waals surface area contributed by atoms with Crippen molar-refractivity contribution in [3.63, 3.8) is 0 Å². The van der Waals surface area contributed by atoms with Gasteiger partial charge in [-0.05, 0) is 92.7 Å². The van der Waals surface area contributed by atoms with Crippen LogP contribution in [0.1, 0.15) is 63.4 Å². The predicted molar refractivity (Wildman–Crippen MR) is 112 cm³/mol. The Hall–Kier alpha value is -0.790. The van der Waals surface area contributed by atoms with Crippen LogP contribution in [0, 0.1) is 23.7 Å². The van der Waals surface area contributed by atoms with Gasteiger partial charge in [-0.2, -0.15) is 0 Å². The molecule has 0 radical (unpaired) electrons. The Bertz CT molecular complexity index is 534. The molecule has 1 nitrogen and oxygen atoms in total. The molecule has 2 saturated carbocycles. The van der Waals surface area contributed by atoms with Crippen molar-refractivity contribution in [1.82, 2.24) is 0 Å². The average Bonchev–Trinajstić information content (AvgIpc) is 2.69. The maximum atomic E-state index is 5.98. The lowest BCUT2D eigenvalue weighted by molar-refractivity contribution is 0.152. The van der Waals surface area contributed by atoms with Crippen molar-refractivity contribution in [3.05, 3.63) is 47.0 Å². The lowest BCUT2D eigenvalue weighted by atomic mass is 9.68.